The first kappa shape index (κ1) is 21.1. The van der Waals surface area contributed by atoms with Crippen molar-refractivity contribution in [1.82, 2.24) is 10.6 Å². The standard InChI is InChI=1S/C21H35N3OS/c1-5-22-20(23-15-18(4)19-9-7-8-17(3)14-19)24-16-21(26-6-2)10-12-25-13-11-21/h7-9,14,18H,5-6,10-13,15-16H2,1-4H3,(H2,22,23,24). The molecule has 146 valence electrons. The van der Waals surface area contributed by atoms with Gasteiger partial charge in [0.2, 0.25) is 0 Å². The Morgan fingerprint density at radius 2 is 2.04 bits per heavy atom. The first-order valence-electron chi connectivity index (χ1n) is 9.89. The van der Waals surface area contributed by atoms with Crippen molar-refractivity contribution in [1.29, 1.82) is 0 Å². The molecule has 1 heterocycles. The molecule has 0 spiro atoms. The quantitative estimate of drug-likeness (QED) is 0.532. The van der Waals surface area contributed by atoms with Crippen LogP contribution in [0, 0.1) is 6.92 Å². The van der Waals surface area contributed by atoms with Gasteiger partial charge in [-0.15, -0.1) is 0 Å². The number of guanidine groups is 1. The second-order valence-corrected chi connectivity index (χ2v) is 8.85. The van der Waals surface area contributed by atoms with Crippen LogP contribution in [0.1, 0.15) is 50.7 Å². The van der Waals surface area contributed by atoms with E-state index >= 15 is 0 Å². The lowest BCUT2D eigenvalue weighted by Gasteiger charge is -2.35. The van der Waals surface area contributed by atoms with Gasteiger partial charge >= 0.3 is 0 Å². The van der Waals surface area contributed by atoms with Gasteiger partial charge in [0, 0.05) is 31.1 Å². The monoisotopic (exact) mass is 377 g/mol. The number of aryl methyl sites for hydroxylation is 1. The molecule has 0 radical (unpaired) electrons. The van der Waals surface area contributed by atoms with E-state index in [1.54, 1.807) is 0 Å². The average molecular weight is 378 g/mol. The third-order valence-electron chi connectivity index (χ3n) is 4.91. The van der Waals surface area contributed by atoms with E-state index in [0.29, 0.717) is 5.92 Å². The first-order valence-corrected chi connectivity index (χ1v) is 10.9. The van der Waals surface area contributed by atoms with Crippen molar-refractivity contribution in [3.63, 3.8) is 0 Å². The summed E-state index contributed by atoms with van der Waals surface area (Å²) in [4.78, 5) is 4.93. The van der Waals surface area contributed by atoms with Crippen molar-refractivity contribution in [3.8, 4) is 0 Å². The minimum Gasteiger partial charge on any atom is -0.381 e. The normalized spacial score (nSPS) is 18.4. The predicted octanol–water partition coefficient (Wildman–Crippen LogP) is 3.96. The number of aliphatic imine (C=N–C) groups is 1. The highest BCUT2D eigenvalue weighted by Gasteiger charge is 2.32. The Balaban J connectivity index is 1.97. The zero-order chi connectivity index (χ0) is 18.8. The van der Waals surface area contributed by atoms with E-state index in [0.717, 1.165) is 57.4 Å². The maximum absolute atomic E-state index is 5.57. The summed E-state index contributed by atoms with van der Waals surface area (Å²) in [5.74, 6) is 2.50. The Labute approximate surface area is 163 Å². The third-order valence-corrected chi connectivity index (χ3v) is 6.35. The van der Waals surface area contributed by atoms with Crippen LogP contribution >= 0.6 is 11.8 Å². The van der Waals surface area contributed by atoms with Crippen LogP contribution in [0.2, 0.25) is 0 Å². The van der Waals surface area contributed by atoms with E-state index in [2.05, 4.69) is 62.6 Å². The number of hydrogen-bond acceptors (Lipinski definition) is 3. The molecule has 2 rings (SSSR count). The fraction of sp³-hybridized carbons (Fsp3) is 0.667. The number of ether oxygens (including phenoxy) is 1. The average Bonchev–Trinajstić information content (AvgIpc) is 2.65. The molecule has 4 nitrogen and oxygen atoms in total. The first-order chi connectivity index (χ1) is 12.6. The number of thioether (sulfide) groups is 1. The van der Waals surface area contributed by atoms with E-state index in [1.165, 1.54) is 11.1 Å². The van der Waals surface area contributed by atoms with E-state index in [9.17, 15) is 0 Å². The molecule has 0 saturated carbocycles. The van der Waals surface area contributed by atoms with Gasteiger partial charge < -0.3 is 15.4 Å². The van der Waals surface area contributed by atoms with Crippen molar-refractivity contribution in [2.45, 2.75) is 51.2 Å². The zero-order valence-electron chi connectivity index (χ0n) is 16.8. The molecule has 1 fully saturated rings. The van der Waals surface area contributed by atoms with Gasteiger partial charge in [0.25, 0.3) is 0 Å². The van der Waals surface area contributed by atoms with Gasteiger partial charge in [-0.05, 0) is 43.9 Å². The highest BCUT2D eigenvalue weighted by Crippen LogP contribution is 2.35. The number of rotatable bonds is 8. The summed E-state index contributed by atoms with van der Waals surface area (Å²) < 4.78 is 5.80. The summed E-state index contributed by atoms with van der Waals surface area (Å²) in [6.07, 6.45) is 2.18. The van der Waals surface area contributed by atoms with Crippen molar-refractivity contribution in [2.24, 2.45) is 4.99 Å². The Kier molecular flexibility index (Phi) is 8.79. The van der Waals surface area contributed by atoms with E-state index in [4.69, 9.17) is 9.73 Å². The van der Waals surface area contributed by atoms with Crippen molar-refractivity contribution in [2.75, 3.05) is 38.6 Å². The summed E-state index contributed by atoms with van der Waals surface area (Å²) in [5.41, 5.74) is 2.68. The Hall–Kier alpha value is -1.20. The fourth-order valence-electron chi connectivity index (χ4n) is 3.31. The van der Waals surface area contributed by atoms with Gasteiger partial charge in [-0.2, -0.15) is 11.8 Å². The molecule has 5 heteroatoms. The highest BCUT2D eigenvalue weighted by atomic mass is 32.2. The number of hydrogen-bond donors (Lipinski definition) is 2. The number of nitrogens with zero attached hydrogens (tertiary/aromatic N) is 1. The van der Waals surface area contributed by atoms with E-state index in [1.807, 2.05) is 11.8 Å². The predicted molar refractivity (Wildman–Crippen MR) is 114 cm³/mol. The third kappa shape index (κ3) is 6.51. The second-order valence-electron chi connectivity index (χ2n) is 7.12. The number of benzene rings is 1. The van der Waals surface area contributed by atoms with Crippen molar-refractivity contribution in [3.05, 3.63) is 35.4 Å². The van der Waals surface area contributed by atoms with Gasteiger partial charge in [0.15, 0.2) is 5.96 Å². The molecule has 0 aromatic heterocycles. The van der Waals surface area contributed by atoms with Crippen LogP contribution in [0.25, 0.3) is 0 Å². The van der Waals surface area contributed by atoms with Crippen LogP contribution < -0.4 is 10.6 Å². The van der Waals surface area contributed by atoms with Gasteiger partial charge in [0.05, 0.1) is 6.54 Å². The molecule has 2 N–H and O–H groups in total. The minimum atomic E-state index is 0.234. The Morgan fingerprint density at radius 3 is 2.69 bits per heavy atom. The largest absolute Gasteiger partial charge is 0.381 e. The number of nitrogens with one attached hydrogen (secondary N) is 2. The summed E-state index contributed by atoms with van der Waals surface area (Å²) >= 11 is 2.04. The second kappa shape index (κ2) is 10.8. The molecule has 1 aliphatic heterocycles. The van der Waals surface area contributed by atoms with E-state index in [-0.39, 0.29) is 4.75 Å². The lowest BCUT2D eigenvalue weighted by atomic mass is 9.99. The van der Waals surface area contributed by atoms with Gasteiger partial charge in [-0.1, -0.05) is 43.7 Å². The van der Waals surface area contributed by atoms with Gasteiger partial charge in [0.1, 0.15) is 0 Å². The molecule has 1 aromatic rings. The van der Waals surface area contributed by atoms with Crippen LogP contribution in [-0.4, -0.2) is 49.3 Å². The maximum atomic E-state index is 5.57. The summed E-state index contributed by atoms with van der Waals surface area (Å²) in [6.45, 7) is 13.1. The zero-order valence-corrected chi connectivity index (χ0v) is 17.6. The van der Waals surface area contributed by atoms with Crippen molar-refractivity contribution < 1.29 is 4.74 Å². The van der Waals surface area contributed by atoms with Crippen LogP contribution in [0.3, 0.4) is 0 Å². The molecule has 1 atom stereocenters. The molecule has 26 heavy (non-hydrogen) atoms. The van der Waals surface area contributed by atoms with Gasteiger partial charge in [-0.25, -0.2) is 0 Å². The van der Waals surface area contributed by atoms with Crippen LogP contribution in [0.5, 0.6) is 0 Å². The molecular weight excluding hydrogens is 342 g/mol. The summed E-state index contributed by atoms with van der Waals surface area (Å²) in [5, 5.41) is 6.93. The topological polar surface area (TPSA) is 45.7 Å². The summed E-state index contributed by atoms with van der Waals surface area (Å²) in [6, 6.07) is 8.76. The minimum absolute atomic E-state index is 0.234. The molecule has 0 aliphatic carbocycles. The van der Waals surface area contributed by atoms with Gasteiger partial charge in [-0.3, -0.25) is 4.99 Å². The molecule has 0 bridgehead atoms. The highest BCUT2D eigenvalue weighted by molar-refractivity contribution is 8.00. The van der Waals surface area contributed by atoms with E-state index < -0.39 is 0 Å². The Morgan fingerprint density at radius 1 is 1.27 bits per heavy atom. The molecule has 0 amide bonds. The summed E-state index contributed by atoms with van der Waals surface area (Å²) in [7, 11) is 0. The SMILES string of the molecule is CCNC(=NCC1(SCC)CCOCC1)NCC(C)c1cccc(C)c1. The van der Waals surface area contributed by atoms with Crippen LogP contribution in [-0.2, 0) is 4.74 Å². The molecule has 1 aliphatic rings. The molecule has 1 saturated heterocycles. The maximum Gasteiger partial charge on any atom is 0.191 e. The lowest BCUT2D eigenvalue weighted by Crippen LogP contribution is -2.42. The molecular formula is C21H35N3OS. The Bertz CT molecular complexity index is 565. The van der Waals surface area contributed by atoms with Crippen LogP contribution in [0.4, 0.5) is 0 Å². The van der Waals surface area contributed by atoms with Crippen LogP contribution in [0.15, 0.2) is 29.3 Å². The van der Waals surface area contributed by atoms with Crippen molar-refractivity contribution >= 4 is 17.7 Å². The smallest absolute Gasteiger partial charge is 0.191 e. The lowest BCUT2D eigenvalue weighted by molar-refractivity contribution is 0.0793. The fourth-order valence-corrected chi connectivity index (χ4v) is 4.53. The molecule has 1 aromatic carbocycles. The molecule has 1 unspecified atom stereocenters.